The number of methoxy groups -OCH3 is 2. The highest BCUT2D eigenvalue weighted by molar-refractivity contribution is 5.76. The molecule has 1 aliphatic heterocycles. The van der Waals surface area contributed by atoms with Gasteiger partial charge in [0, 0.05) is 26.2 Å². The van der Waals surface area contributed by atoms with Gasteiger partial charge in [-0.2, -0.15) is 0 Å². The van der Waals surface area contributed by atoms with Crippen molar-refractivity contribution in [3.63, 3.8) is 0 Å². The average molecular weight is 406 g/mol. The zero-order chi connectivity index (χ0) is 20.8. The Hall–Kier alpha value is -1.66. The second-order valence-electron chi connectivity index (χ2n) is 9.44. The molecule has 4 rings (SSSR count). The molecule has 5 nitrogen and oxygen atoms in total. The van der Waals surface area contributed by atoms with Crippen LogP contribution in [0.3, 0.4) is 0 Å². The lowest BCUT2D eigenvalue weighted by Crippen LogP contribution is -2.59. The zero-order valence-corrected chi connectivity index (χ0v) is 17.8. The third-order valence-corrected chi connectivity index (χ3v) is 7.86. The minimum Gasteiger partial charge on any atom is -0.496 e. The van der Waals surface area contributed by atoms with Crippen LogP contribution in [0, 0.1) is 28.5 Å². The summed E-state index contributed by atoms with van der Waals surface area (Å²) in [6, 6.07) is 4.99. The highest BCUT2D eigenvalue weighted by Gasteiger charge is 2.68. The number of hydrogen-bond acceptors (Lipinski definition) is 4. The van der Waals surface area contributed by atoms with E-state index in [2.05, 4.69) is 19.2 Å². The highest BCUT2D eigenvalue weighted by Crippen LogP contribution is 2.70. The summed E-state index contributed by atoms with van der Waals surface area (Å²) >= 11 is 0. The van der Waals surface area contributed by atoms with E-state index in [0.717, 1.165) is 19.3 Å². The minimum absolute atomic E-state index is 0.000437. The van der Waals surface area contributed by atoms with Crippen molar-refractivity contribution in [2.45, 2.75) is 51.7 Å². The summed E-state index contributed by atoms with van der Waals surface area (Å²) in [7, 11) is 3.17. The van der Waals surface area contributed by atoms with Crippen LogP contribution in [-0.4, -0.2) is 39.4 Å². The molecule has 3 aliphatic rings. The van der Waals surface area contributed by atoms with E-state index in [1.54, 1.807) is 26.4 Å². The zero-order valence-electron chi connectivity index (χ0n) is 17.8. The maximum atomic E-state index is 14.9. The second-order valence-corrected chi connectivity index (χ2v) is 9.44. The smallest absolute Gasteiger partial charge is 0.222 e. The third kappa shape index (κ3) is 3.15. The van der Waals surface area contributed by atoms with Crippen LogP contribution < -0.4 is 10.1 Å². The lowest BCUT2D eigenvalue weighted by atomic mass is 9.58. The van der Waals surface area contributed by atoms with Crippen LogP contribution in [0.4, 0.5) is 4.39 Å². The molecule has 1 N–H and O–H groups in total. The maximum Gasteiger partial charge on any atom is 0.222 e. The van der Waals surface area contributed by atoms with Gasteiger partial charge in [-0.05, 0) is 54.1 Å². The quantitative estimate of drug-likeness (QED) is 0.781. The molecule has 6 heteroatoms. The molecule has 0 aromatic heterocycles. The Balaban J connectivity index is 1.68. The molecule has 1 spiro atoms. The molecule has 1 aromatic carbocycles. The fraction of sp³-hybridized carbons (Fsp3) is 0.696. The van der Waals surface area contributed by atoms with E-state index in [-0.39, 0.29) is 40.6 Å². The van der Waals surface area contributed by atoms with Gasteiger partial charge in [0.15, 0.2) is 0 Å². The number of ether oxygens (including phenoxy) is 3. The number of carbonyl (C=O) groups is 1. The summed E-state index contributed by atoms with van der Waals surface area (Å²) in [6.45, 7) is 5.50. The van der Waals surface area contributed by atoms with Gasteiger partial charge in [-0.15, -0.1) is 0 Å². The van der Waals surface area contributed by atoms with Crippen molar-refractivity contribution in [3.8, 4) is 5.75 Å². The maximum absolute atomic E-state index is 14.9. The minimum atomic E-state index is -0.348. The van der Waals surface area contributed by atoms with Gasteiger partial charge < -0.3 is 19.5 Å². The number of halogens is 1. The summed E-state index contributed by atoms with van der Waals surface area (Å²) in [5.74, 6) is 0.913. The van der Waals surface area contributed by atoms with Crippen molar-refractivity contribution in [2.75, 3.05) is 27.4 Å². The highest BCUT2D eigenvalue weighted by atomic mass is 19.1. The largest absolute Gasteiger partial charge is 0.496 e. The molecule has 2 aliphatic carbocycles. The average Bonchev–Trinajstić information content (AvgIpc) is 3.19. The van der Waals surface area contributed by atoms with Crippen LogP contribution in [0.15, 0.2) is 18.2 Å². The monoisotopic (exact) mass is 405 g/mol. The Morgan fingerprint density at radius 1 is 1.34 bits per heavy atom. The van der Waals surface area contributed by atoms with Gasteiger partial charge in [0.2, 0.25) is 5.91 Å². The molecule has 5 atom stereocenters. The number of fused-ring (bicyclic) bond motifs is 1. The van der Waals surface area contributed by atoms with Gasteiger partial charge in [-0.25, -0.2) is 4.39 Å². The Labute approximate surface area is 172 Å². The standard InChI is InChI=1S/C23H32FNO4/c1-22(2)14-12-15-20(19-16(24)6-5-7-17(19)28-4)29-11-9-23(15,13-14)21(22)25-18(26)8-10-27-3/h5-7,14-15,20-21H,8-13H2,1-4H3,(H,25,26)/t14-,15-,20+,21+,23-/m1/s1. The van der Waals surface area contributed by atoms with Gasteiger partial charge in [0.05, 0.1) is 25.4 Å². The first-order chi connectivity index (χ1) is 13.8. The van der Waals surface area contributed by atoms with E-state index >= 15 is 0 Å². The van der Waals surface area contributed by atoms with E-state index < -0.39 is 0 Å². The molecule has 1 saturated heterocycles. The number of hydrogen-bond donors (Lipinski definition) is 1. The summed E-state index contributed by atoms with van der Waals surface area (Å²) in [5, 5.41) is 3.34. The number of nitrogens with one attached hydrogen (secondary N) is 1. The van der Waals surface area contributed by atoms with Crippen molar-refractivity contribution >= 4 is 5.91 Å². The molecule has 160 valence electrons. The molecule has 1 aromatic rings. The second kappa shape index (κ2) is 7.55. The SMILES string of the molecule is COCCC(=O)N[C@H]1C(C)(C)[C@@H]2C[C@@H]3[C@@H](c4c(F)cccc4OC)OCC[C@@]31C2. The van der Waals surface area contributed by atoms with Crippen molar-refractivity contribution in [2.24, 2.45) is 22.7 Å². The molecule has 0 unspecified atom stereocenters. The van der Waals surface area contributed by atoms with E-state index in [9.17, 15) is 9.18 Å². The topological polar surface area (TPSA) is 56.8 Å². The fourth-order valence-electron chi connectivity index (χ4n) is 6.47. The van der Waals surface area contributed by atoms with E-state index in [1.165, 1.54) is 6.07 Å². The first-order valence-corrected chi connectivity index (χ1v) is 10.6. The van der Waals surface area contributed by atoms with Gasteiger partial charge >= 0.3 is 0 Å². The van der Waals surface area contributed by atoms with Crippen LogP contribution >= 0.6 is 0 Å². The Bertz CT molecular complexity index is 782. The van der Waals surface area contributed by atoms with Gasteiger partial charge in [-0.3, -0.25) is 4.79 Å². The first-order valence-electron chi connectivity index (χ1n) is 10.6. The fourth-order valence-corrected chi connectivity index (χ4v) is 6.47. The molecule has 29 heavy (non-hydrogen) atoms. The lowest BCUT2D eigenvalue weighted by Gasteiger charge is -2.53. The van der Waals surface area contributed by atoms with Crippen molar-refractivity contribution in [1.29, 1.82) is 0 Å². The summed E-state index contributed by atoms with van der Waals surface area (Å²) in [6.07, 6.45) is 2.94. The molecule has 0 radical (unpaired) electrons. The van der Waals surface area contributed by atoms with Gasteiger partial charge in [-0.1, -0.05) is 19.9 Å². The first kappa shape index (κ1) is 20.6. The van der Waals surface area contributed by atoms with Crippen molar-refractivity contribution in [3.05, 3.63) is 29.6 Å². The Kier molecular flexibility index (Phi) is 5.36. The van der Waals surface area contributed by atoms with E-state index in [0.29, 0.717) is 36.9 Å². The molecular formula is C23H32FNO4. The molecule has 1 heterocycles. The van der Waals surface area contributed by atoms with Crippen LogP contribution in [0.25, 0.3) is 0 Å². The number of amides is 1. The molecule has 3 fully saturated rings. The summed E-state index contributed by atoms with van der Waals surface area (Å²) < 4.78 is 31.6. The predicted octanol–water partition coefficient (Wildman–Crippen LogP) is 3.87. The van der Waals surface area contributed by atoms with Crippen LogP contribution in [0.1, 0.15) is 51.2 Å². The molecule has 2 saturated carbocycles. The molecular weight excluding hydrogens is 373 g/mol. The van der Waals surface area contributed by atoms with Crippen molar-refractivity contribution in [1.82, 2.24) is 5.32 Å². The van der Waals surface area contributed by atoms with Crippen LogP contribution in [0.5, 0.6) is 5.75 Å². The predicted molar refractivity (Wildman–Crippen MR) is 107 cm³/mol. The molecule has 2 bridgehead atoms. The van der Waals surface area contributed by atoms with Crippen LogP contribution in [0.2, 0.25) is 0 Å². The summed E-state index contributed by atoms with van der Waals surface area (Å²) in [5.41, 5.74) is 0.446. The number of carbonyl (C=O) groups excluding carboxylic acids is 1. The van der Waals surface area contributed by atoms with E-state index in [1.807, 2.05) is 0 Å². The Morgan fingerprint density at radius 2 is 2.14 bits per heavy atom. The third-order valence-electron chi connectivity index (χ3n) is 7.86. The van der Waals surface area contributed by atoms with Crippen LogP contribution in [-0.2, 0) is 14.3 Å². The lowest BCUT2D eigenvalue weighted by molar-refractivity contribution is -0.138. The summed E-state index contributed by atoms with van der Waals surface area (Å²) in [4.78, 5) is 12.6. The molecule has 1 amide bonds. The Morgan fingerprint density at radius 3 is 2.86 bits per heavy atom. The van der Waals surface area contributed by atoms with E-state index in [4.69, 9.17) is 14.2 Å². The normalized spacial score (nSPS) is 34.7. The number of benzene rings is 1. The van der Waals surface area contributed by atoms with Crippen molar-refractivity contribution < 1.29 is 23.4 Å². The van der Waals surface area contributed by atoms with Gasteiger partial charge in [0.1, 0.15) is 11.6 Å². The number of rotatable bonds is 6. The van der Waals surface area contributed by atoms with Gasteiger partial charge in [0.25, 0.3) is 0 Å².